The first kappa shape index (κ1) is 31.9. The Morgan fingerprint density at radius 2 is 1.12 bits per heavy atom. The van der Waals surface area contributed by atoms with Crippen LogP contribution >= 0.6 is 0 Å². The molecule has 10 nitrogen and oxygen atoms in total. The highest BCUT2D eigenvalue weighted by Crippen LogP contribution is 2.18. The molecule has 0 aliphatic heterocycles. The molecule has 0 saturated carbocycles. The van der Waals surface area contributed by atoms with E-state index in [-0.39, 0.29) is 33.0 Å². The van der Waals surface area contributed by atoms with Gasteiger partial charge in [0.25, 0.3) is 0 Å². The van der Waals surface area contributed by atoms with Crippen LogP contribution in [0.15, 0.2) is 25.3 Å². The highest BCUT2D eigenvalue weighted by molar-refractivity contribution is 5.79. The van der Waals surface area contributed by atoms with E-state index >= 15 is 0 Å². The fourth-order valence-electron chi connectivity index (χ4n) is 0.717. The average Bonchev–Trinajstić information content (AvgIpc) is 2.66. The third kappa shape index (κ3) is 30.1. The Labute approximate surface area is 153 Å². The normalized spacial score (nSPS) is 9.15. The largest absolute Gasteiger partial charge is 0.478 e. The standard InChI is InChI=1S/C6H14O3.C4H10O3.2C3H4O2/c1-2-6(3-7,4-8)5-9;5-1-3-7-4-2-6;2*1-2-3(4)5/h7-9H,2-5H2,1H3;5-6H,1-4H2;2*2H,1H2,(H,4,5). The first-order valence-corrected chi connectivity index (χ1v) is 7.53. The Balaban J connectivity index is -0.000000128. The summed E-state index contributed by atoms with van der Waals surface area (Å²) in [5.41, 5.74) is -0.667. The summed E-state index contributed by atoms with van der Waals surface area (Å²) >= 11 is 0. The molecule has 0 amide bonds. The molecule has 156 valence electrons. The van der Waals surface area contributed by atoms with Gasteiger partial charge in [-0.05, 0) is 6.42 Å². The fourth-order valence-corrected chi connectivity index (χ4v) is 0.717. The van der Waals surface area contributed by atoms with Gasteiger partial charge in [0.15, 0.2) is 0 Å². The van der Waals surface area contributed by atoms with E-state index in [1.807, 2.05) is 6.92 Å². The van der Waals surface area contributed by atoms with Crippen molar-refractivity contribution in [1.29, 1.82) is 0 Å². The van der Waals surface area contributed by atoms with E-state index < -0.39 is 17.4 Å². The van der Waals surface area contributed by atoms with Crippen LogP contribution in [0.2, 0.25) is 0 Å². The third-order valence-corrected chi connectivity index (χ3v) is 2.58. The molecule has 0 radical (unpaired) electrons. The Kier molecular flexibility index (Phi) is 31.2. The second-order valence-electron chi connectivity index (χ2n) is 4.47. The number of aliphatic carboxylic acids is 2. The summed E-state index contributed by atoms with van der Waals surface area (Å²) in [6, 6.07) is 0. The SMILES string of the molecule is C=CC(=O)O.C=CC(=O)O.CCC(CO)(CO)CO.OCCOCCO. The van der Waals surface area contributed by atoms with E-state index in [1.54, 1.807) is 0 Å². The fraction of sp³-hybridized carbons (Fsp3) is 0.625. The zero-order chi connectivity index (χ0) is 21.4. The number of hydrogen-bond acceptors (Lipinski definition) is 8. The monoisotopic (exact) mass is 384 g/mol. The second kappa shape index (κ2) is 25.4. The molecule has 0 aliphatic carbocycles. The van der Waals surface area contributed by atoms with Crippen LogP contribution in [0, 0.1) is 5.41 Å². The van der Waals surface area contributed by atoms with Crippen molar-refractivity contribution >= 4 is 11.9 Å². The van der Waals surface area contributed by atoms with E-state index in [1.165, 1.54) is 0 Å². The van der Waals surface area contributed by atoms with Crippen LogP contribution in [0.25, 0.3) is 0 Å². The highest BCUT2D eigenvalue weighted by Gasteiger charge is 2.24. The quantitative estimate of drug-likeness (QED) is 0.179. The number of aliphatic hydroxyl groups excluding tert-OH is 5. The van der Waals surface area contributed by atoms with Crippen molar-refractivity contribution in [1.82, 2.24) is 0 Å². The Morgan fingerprint density at radius 3 is 1.19 bits per heavy atom. The molecule has 0 aliphatic rings. The van der Waals surface area contributed by atoms with Gasteiger partial charge in [-0.3, -0.25) is 0 Å². The molecule has 0 spiro atoms. The third-order valence-electron chi connectivity index (χ3n) is 2.58. The van der Waals surface area contributed by atoms with Crippen molar-refractivity contribution in [2.24, 2.45) is 5.41 Å². The number of ether oxygens (including phenoxy) is 1. The van der Waals surface area contributed by atoms with Gasteiger partial charge in [0.1, 0.15) is 0 Å². The average molecular weight is 384 g/mol. The summed E-state index contributed by atoms with van der Waals surface area (Å²) < 4.78 is 4.63. The van der Waals surface area contributed by atoms with Gasteiger partial charge in [-0.25, -0.2) is 9.59 Å². The molecule has 26 heavy (non-hydrogen) atoms. The number of carboxylic acids is 2. The number of carboxylic acid groups (broad SMARTS) is 2. The summed E-state index contributed by atoms with van der Waals surface area (Å²) in [7, 11) is 0. The van der Waals surface area contributed by atoms with Crippen molar-refractivity contribution in [2.45, 2.75) is 13.3 Å². The summed E-state index contributed by atoms with van der Waals surface area (Å²) in [5, 5.41) is 57.4. The summed E-state index contributed by atoms with van der Waals surface area (Å²) in [4.78, 5) is 18.5. The first-order chi connectivity index (χ1) is 12.2. The molecule has 0 unspecified atom stereocenters. The zero-order valence-electron chi connectivity index (χ0n) is 15.1. The maximum Gasteiger partial charge on any atom is 0.327 e. The summed E-state index contributed by atoms with van der Waals surface area (Å²) in [6.45, 7) is 7.97. The minimum atomic E-state index is -0.981. The van der Waals surface area contributed by atoms with Gasteiger partial charge >= 0.3 is 11.9 Å². The van der Waals surface area contributed by atoms with Crippen LogP contribution < -0.4 is 0 Å². The van der Waals surface area contributed by atoms with E-state index in [9.17, 15) is 9.59 Å². The smallest absolute Gasteiger partial charge is 0.327 e. The number of rotatable bonds is 10. The van der Waals surface area contributed by atoms with Gasteiger partial charge in [0.05, 0.1) is 46.2 Å². The summed E-state index contributed by atoms with van der Waals surface area (Å²) in [5.74, 6) is -1.96. The maximum atomic E-state index is 9.25. The Morgan fingerprint density at radius 1 is 0.846 bits per heavy atom. The number of aliphatic hydroxyl groups is 5. The minimum Gasteiger partial charge on any atom is -0.478 e. The lowest BCUT2D eigenvalue weighted by Gasteiger charge is -2.24. The van der Waals surface area contributed by atoms with Crippen molar-refractivity contribution < 1.29 is 50.1 Å². The van der Waals surface area contributed by atoms with E-state index in [2.05, 4.69) is 17.9 Å². The number of carbonyl (C=O) groups is 2. The van der Waals surface area contributed by atoms with Crippen molar-refractivity contribution in [2.75, 3.05) is 46.2 Å². The maximum absolute atomic E-state index is 9.25. The molecule has 0 aromatic heterocycles. The van der Waals surface area contributed by atoms with Crippen molar-refractivity contribution in [3.8, 4) is 0 Å². The predicted octanol–water partition coefficient (Wildman–Crippen LogP) is -1.14. The molecule has 0 heterocycles. The molecule has 0 saturated heterocycles. The van der Waals surface area contributed by atoms with Crippen LogP contribution in [0.3, 0.4) is 0 Å². The minimum absolute atomic E-state index is 0.0278. The molecule has 10 heteroatoms. The summed E-state index contributed by atoms with van der Waals surface area (Å²) in [6.07, 6.45) is 2.26. The van der Waals surface area contributed by atoms with Crippen LogP contribution in [-0.4, -0.2) is 93.9 Å². The lowest BCUT2D eigenvalue weighted by atomic mass is 9.88. The van der Waals surface area contributed by atoms with Crippen LogP contribution in [0.1, 0.15) is 13.3 Å². The van der Waals surface area contributed by atoms with Gasteiger partial charge in [-0.15, -0.1) is 0 Å². The lowest BCUT2D eigenvalue weighted by Crippen LogP contribution is -2.32. The van der Waals surface area contributed by atoms with Crippen molar-refractivity contribution in [3.05, 3.63) is 25.3 Å². The second-order valence-corrected chi connectivity index (χ2v) is 4.47. The molecule has 0 aromatic carbocycles. The van der Waals surface area contributed by atoms with Crippen LogP contribution in [0.4, 0.5) is 0 Å². The predicted molar refractivity (Wildman–Crippen MR) is 94.6 cm³/mol. The van der Waals surface area contributed by atoms with Crippen molar-refractivity contribution in [3.63, 3.8) is 0 Å². The highest BCUT2D eigenvalue weighted by atomic mass is 16.5. The topological polar surface area (TPSA) is 185 Å². The molecular formula is C16H32O10. The molecule has 0 rings (SSSR count). The molecule has 0 atom stereocenters. The lowest BCUT2D eigenvalue weighted by molar-refractivity contribution is -0.132. The zero-order valence-corrected chi connectivity index (χ0v) is 15.1. The Hall–Kier alpha value is -1.82. The number of hydrogen-bond donors (Lipinski definition) is 7. The molecule has 7 N–H and O–H groups in total. The van der Waals surface area contributed by atoms with Crippen LogP contribution in [0.5, 0.6) is 0 Å². The van der Waals surface area contributed by atoms with E-state index in [0.29, 0.717) is 19.6 Å². The van der Waals surface area contributed by atoms with Gasteiger partial charge in [0, 0.05) is 17.6 Å². The van der Waals surface area contributed by atoms with Crippen LogP contribution in [-0.2, 0) is 14.3 Å². The van der Waals surface area contributed by atoms with Gasteiger partial charge in [-0.1, -0.05) is 20.1 Å². The van der Waals surface area contributed by atoms with Gasteiger partial charge in [0.2, 0.25) is 0 Å². The Bertz CT molecular complexity index is 300. The van der Waals surface area contributed by atoms with Gasteiger partial charge < -0.3 is 40.5 Å². The van der Waals surface area contributed by atoms with E-state index in [0.717, 1.165) is 12.2 Å². The molecule has 0 bridgehead atoms. The first-order valence-electron chi connectivity index (χ1n) is 7.53. The molecule has 0 fully saturated rings. The molecular weight excluding hydrogens is 352 g/mol. The molecule has 0 aromatic rings. The van der Waals surface area contributed by atoms with Gasteiger partial charge in [-0.2, -0.15) is 0 Å². The van der Waals surface area contributed by atoms with E-state index in [4.69, 9.17) is 35.7 Å².